The van der Waals surface area contributed by atoms with E-state index in [0.717, 1.165) is 36.4 Å². The van der Waals surface area contributed by atoms with E-state index in [1.807, 2.05) is 0 Å². The first-order chi connectivity index (χ1) is 14.4. The van der Waals surface area contributed by atoms with Crippen molar-refractivity contribution in [2.24, 2.45) is 0 Å². The predicted octanol–water partition coefficient (Wildman–Crippen LogP) is 4.99. The minimum atomic E-state index is -4.79. The zero-order chi connectivity index (χ0) is 23.0. The summed E-state index contributed by atoms with van der Waals surface area (Å²) in [6, 6.07) is 6.09. The maximum Gasteiger partial charge on any atom is 0.418 e. The average Bonchev–Trinajstić information content (AvgIpc) is 2.66. The summed E-state index contributed by atoms with van der Waals surface area (Å²) < 4.78 is 80.2. The zero-order valence-electron chi connectivity index (χ0n) is 15.8. The Hall–Kier alpha value is -3.50. The molecule has 1 heterocycles. The molecule has 1 aliphatic rings. The number of alkyl halides is 6. The van der Waals surface area contributed by atoms with Gasteiger partial charge in [0.05, 0.1) is 28.4 Å². The number of carbonyl (C=O) groups excluding carboxylic acids is 2. The molecule has 5 nitrogen and oxygen atoms in total. The number of benzene rings is 2. The Morgan fingerprint density at radius 1 is 0.903 bits per heavy atom. The highest BCUT2D eigenvalue weighted by Crippen LogP contribution is 2.39. The van der Waals surface area contributed by atoms with Crippen LogP contribution in [0.25, 0.3) is 0 Å². The Bertz CT molecular complexity index is 1060. The van der Waals surface area contributed by atoms with Gasteiger partial charge in [-0.1, -0.05) is 30.3 Å². The Labute approximate surface area is 172 Å². The highest BCUT2D eigenvalue weighted by Gasteiger charge is 2.40. The smallest absolute Gasteiger partial charge is 0.327 e. The third-order valence-electron chi connectivity index (χ3n) is 4.57. The van der Waals surface area contributed by atoms with Crippen LogP contribution < -0.4 is 16.0 Å². The molecule has 3 rings (SSSR count). The molecule has 0 radical (unpaired) electrons. The molecule has 0 saturated carbocycles. The van der Waals surface area contributed by atoms with Crippen molar-refractivity contribution < 1.29 is 35.9 Å². The van der Waals surface area contributed by atoms with Crippen molar-refractivity contribution in [3.63, 3.8) is 0 Å². The quantitative estimate of drug-likeness (QED) is 0.585. The summed E-state index contributed by atoms with van der Waals surface area (Å²) in [6.45, 7) is 1.27. The highest BCUT2D eigenvalue weighted by molar-refractivity contribution is 6.07. The molecule has 11 heteroatoms. The zero-order valence-corrected chi connectivity index (χ0v) is 15.8. The molecule has 164 valence electrons. The summed E-state index contributed by atoms with van der Waals surface area (Å²) >= 11 is 0. The topological polar surface area (TPSA) is 70.2 Å². The van der Waals surface area contributed by atoms with E-state index in [-0.39, 0.29) is 11.3 Å². The fourth-order valence-corrected chi connectivity index (χ4v) is 3.26. The Morgan fingerprint density at radius 3 is 2.06 bits per heavy atom. The number of rotatable bonds is 3. The summed E-state index contributed by atoms with van der Waals surface area (Å²) in [4.78, 5) is 24.8. The minimum Gasteiger partial charge on any atom is -0.327 e. The van der Waals surface area contributed by atoms with Gasteiger partial charge >= 0.3 is 18.4 Å². The Balaban J connectivity index is 2.06. The van der Waals surface area contributed by atoms with Crippen molar-refractivity contribution in [2.75, 3.05) is 5.32 Å². The molecule has 0 spiro atoms. The summed E-state index contributed by atoms with van der Waals surface area (Å²) in [5.41, 5.74) is -3.64. The van der Waals surface area contributed by atoms with Crippen LogP contribution in [-0.2, 0) is 17.1 Å². The van der Waals surface area contributed by atoms with E-state index in [9.17, 15) is 35.9 Å². The molecule has 31 heavy (non-hydrogen) atoms. The summed E-state index contributed by atoms with van der Waals surface area (Å²) in [7, 11) is 0. The average molecular weight is 443 g/mol. The lowest BCUT2D eigenvalue weighted by atomic mass is 9.91. The molecule has 0 fully saturated rings. The molecule has 0 bridgehead atoms. The molecular formula is C20H15F6N3O2. The number of amides is 3. The van der Waals surface area contributed by atoms with E-state index < -0.39 is 52.7 Å². The Kier molecular flexibility index (Phi) is 5.70. The van der Waals surface area contributed by atoms with Crippen LogP contribution in [0.3, 0.4) is 0 Å². The van der Waals surface area contributed by atoms with Crippen molar-refractivity contribution >= 4 is 17.6 Å². The van der Waals surface area contributed by atoms with Gasteiger partial charge in [-0.3, -0.25) is 4.79 Å². The minimum absolute atomic E-state index is 0.0901. The van der Waals surface area contributed by atoms with E-state index in [1.165, 1.54) is 19.1 Å². The molecule has 3 N–H and O–H groups in total. The lowest BCUT2D eigenvalue weighted by Gasteiger charge is -2.30. The van der Waals surface area contributed by atoms with Gasteiger partial charge in [0.2, 0.25) is 0 Å². The van der Waals surface area contributed by atoms with Gasteiger partial charge in [0.25, 0.3) is 5.91 Å². The van der Waals surface area contributed by atoms with Crippen molar-refractivity contribution in [1.82, 2.24) is 10.6 Å². The number of para-hydroxylation sites is 1. The van der Waals surface area contributed by atoms with E-state index in [0.29, 0.717) is 0 Å². The highest BCUT2D eigenvalue weighted by atomic mass is 19.4. The van der Waals surface area contributed by atoms with Crippen LogP contribution in [0, 0.1) is 0 Å². The van der Waals surface area contributed by atoms with Crippen LogP contribution in [0.15, 0.2) is 59.8 Å². The number of anilines is 1. The second-order valence-corrected chi connectivity index (χ2v) is 6.65. The number of carbonyl (C=O) groups is 2. The fourth-order valence-electron chi connectivity index (χ4n) is 3.26. The largest absolute Gasteiger partial charge is 0.418 e. The van der Waals surface area contributed by atoms with E-state index in [4.69, 9.17) is 0 Å². The van der Waals surface area contributed by atoms with Gasteiger partial charge in [-0.2, -0.15) is 26.3 Å². The molecule has 1 aliphatic heterocycles. The monoisotopic (exact) mass is 443 g/mol. The van der Waals surface area contributed by atoms with Gasteiger partial charge in [0, 0.05) is 5.70 Å². The van der Waals surface area contributed by atoms with Gasteiger partial charge in [-0.15, -0.1) is 0 Å². The molecule has 0 saturated heterocycles. The lowest BCUT2D eigenvalue weighted by Crippen LogP contribution is -2.46. The van der Waals surface area contributed by atoms with Crippen LogP contribution in [0.4, 0.5) is 36.8 Å². The molecular weight excluding hydrogens is 428 g/mol. The van der Waals surface area contributed by atoms with Crippen LogP contribution in [0.2, 0.25) is 0 Å². The summed E-state index contributed by atoms with van der Waals surface area (Å²) in [5.74, 6) is -1.09. The van der Waals surface area contributed by atoms with Crippen molar-refractivity contribution in [3.8, 4) is 0 Å². The molecule has 2 aromatic carbocycles. The third kappa shape index (κ3) is 4.65. The number of hydrogen-bond donors (Lipinski definition) is 3. The normalized spacial score (nSPS) is 17.1. The van der Waals surface area contributed by atoms with Gasteiger partial charge < -0.3 is 16.0 Å². The first kappa shape index (κ1) is 22.2. The standard InChI is InChI=1S/C20H15F6N3O2/c1-10-15(17(30)28-14-9-5-4-8-13(14)20(24,25)26)16(29-18(31)27-10)11-6-2-3-7-12(11)19(21,22)23/h2-9,16H,1H3,(H,28,30)(H2,27,29,31)/t16-/m0/s1. The van der Waals surface area contributed by atoms with Crippen LogP contribution in [0.5, 0.6) is 0 Å². The lowest BCUT2D eigenvalue weighted by molar-refractivity contribution is -0.139. The van der Waals surface area contributed by atoms with Crippen molar-refractivity contribution in [1.29, 1.82) is 0 Å². The first-order valence-corrected chi connectivity index (χ1v) is 8.81. The SMILES string of the molecule is CC1=C(C(=O)Nc2ccccc2C(F)(F)F)[C@H](c2ccccc2C(F)(F)F)NC(=O)N1. The second kappa shape index (κ2) is 7.97. The van der Waals surface area contributed by atoms with E-state index in [2.05, 4.69) is 16.0 Å². The van der Waals surface area contributed by atoms with E-state index in [1.54, 1.807) is 0 Å². The van der Waals surface area contributed by atoms with E-state index >= 15 is 0 Å². The maximum atomic E-state index is 13.5. The van der Waals surface area contributed by atoms with Gasteiger partial charge in [-0.05, 0) is 30.7 Å². The molecule has 0 unspecified atom stereocenters. The summed E-state index contributed by atoms with van der Waals surface area (Å²) in [5, 5.41) is 6.61. The predicted molar refractivity (Wildman–Crippen MR) is 98.6 cm³/mol. The molecule has 1 atom stereocenters. The number of allylic oxidation sites excluding steroid dienone is 1. The molecule has 0 aromatic heterocycles. The van der Waals surface area contributed by atoms with Crippen molar-refractivity contribution in [3.05, 3.63) is 76.5 Å². The molecule has 3 amide bonds. The molecule has 0 aliphatic carbocycles. The van der Waals surface area contributed by atoms with Crippen molar-refractivity contribution in [2.45, 2.75) is 25.3 Å². The van der Waals surface area contributed by atoms with Gasteiger partial charge in [0.15, 0.2) is 0 Å². The maximum absolute atomic E-state index is 13.5. The van der Waals surface area contributed by atoms with Gasteiger partial charge in [-0.25, -0.2) is 4.79 Å². The molecule has 2 aromatic rings. The van der Waals surface area contributed by atoms with Crippen LogP contribution >= 0.6 is 0 Å². The fraction of sp³-hybridized carbons (Fsp3) is 0.200. The number of urea groups is 1. The number of hydrogen-bond acceptors (Lipinski definition) is 2. The second-order valence-electron chi connectivity index (χ2n) is 6.65. The number of halogens is 6. The first-order valence-electron chi connectivity index (χ1n) is 8.81. The third-order valence-corrected chi connectivity index (χ3v) is 4.57. The number of nitrogens with one attached hydrogen (secondary N) is 3. The van der Waals surface area contributed by atoms with Crippen LogP contribution in [-0.4, -0.2) is 11.9 Å². The summed E-state index contributed by atoms with van der Waals surface area (Å²) in [6.07, 6.45) is -9.56. The Morgan fingerprint density at radius 2 is 1.45 bits per heavy atom. The van der Waals surface area contributed by atoms with Crippen LogP contribution in [0.1, 0.15) is 29.7 Å². The van der Waals surface area contributed by atoms with Gasteiger partial charge in [0.1, 0.15) is 0 Å².